The van der Waals surface area contributed by atoms with Gasteiger partial charge >= 0.3 is 0 Å². The Morgan fingerprint density at radius 3 is 2.06 bits per heavy atom. The molecule has 1 fully saturated rings. The Balaban J connectivity index is 2.25. The number of amides is 1. The normalized spacial score (nSPS) is 22.3. The molecule has 1 aliphatic rings. The van der Waals surface area contributed by atoms with Gasteiger partial charge in [0, 0.05) is 32.7 Å². The molecule has 17 heavy (non-hydrogen) atoms. The minimum atomic E-state index is -0.874. The third-order valence-corrected chi connectivity index (χ3v) is 3.52. The molecule has 1 rings (SSSR count). The fourth-order valence-corrected chi connectivity index (χ4v) is 2.07. The van der Waals surface area contributed by atoms with Crippen molar-refractivity contribution in [1.82, 2.24) is 9.80 Å². The molecule has 0 saturated carbocycles. The summed E-state index contributed by atoms with van der Waals surface area (Å²) in [5.41, 5.74) is 10.2. The Hall–Kier alpha value is -0.650. The minimum Gasteiger partial charge on any atom is -0.368 e. The van der Waals surface area contributed by atoms with Crippen molar-refractivity contribution in [1.29, 1.82) is 0 Å². The topological polar surface area (TPSA) is 75.6 Å². The van der Waals surface area contributed by atoms with Gasteiger partial charge in [-0.25, -0.2) is 0 Å². The number of nitrogens with two attached hydrogens (primary N) is 2. The SMILES string of the molecule is CCCN1CCN(CCC(C)(N)C(N)=O)CC1. The van der Waals surface area contributed by atoms with E-state index in [1.165, 1.54) is 13.0 Å². The van der Waals surface area contributed by atoms with Gasteiger partial charge in [0.15, 0.2) is 0 Å². The molecule has 4 N–H and O–H groups in total. The van der Waals surface area contributed by atoms with Crippen LogP contribution in [0.2, 0.25) is 0 Å². The molecule has 1 aliphatic heterocycles. The van der Waals surface area contributed by atoms with Gasteiger partial charge in [-0.1, -0.05) is 6.92 Å². The average molecular weight is 242 g/mol. The highest BCUT2D eigenvalue weighted by Crippen LogP contribution is 2.09. The number of carbonyl (C=O) groups is 1. The lowest BCUT2D eigenvalue weighted by Gasteiger charge is -2.35. The minimum absolute atomic E-state index is 0.415. The highest BCUT2D eigenvalue weighted by atomic mass is 16.1. The molecule has 0 aromatic heterocycles. The fourth-order valence-electron chi connectivity index (χ4n) is 2.07. The van der Waals surface area contributed by atoms with Gasteiger partial charge < -0.3 is 21.3 Å². The van der Waals surface area contributed by atoms with Gasteiger partial charge in [-0.05, 0) is 26.3 Å². The maximum absolute atomic E-state index is 11.1. The van der Waals surface area contributed by atoms with Crippen molar-refractivity contribution in [2.75, 3.05) is 39.3 Å². The highest BCUT2D eigenvalue weighted by molar-refractivity contribution is 5.83. The lowest BCUT2D eigenvalue weighted by Crippen LogP contribution is -2.53. The van der Waals surface area contributed by atoms with Crippen molar-refractivity contribution in [3.05, 3.63) is 0 Å². The molecular weight excluding hydrogens is 216 g/mol. The first-order valence-corrected chi connectivity index (χ1v) is 6.49. The molecule has 1 amide bonds. The average Bonchev–Trinajstić information content (AvgIpc) is 2.28. The molecule has 1 unspecified atom stereocenters. The highest BCUT2D eigenvalue weighted by Gasteiger charge is 2.26. The first kappa shape index (κ1) is 14.4. The van der Waals surface area contributed by atoms with E-state index in [4.69, 9.17) is 11.5 Å². The van der Waals surface area contributed by atoms with E-state index in [1.807, 2.05) is 0 Å². The van der Waals surface area contributed by atoms with Crippen LogP contribution in [0.5, 0.6) is 0 Å². The summed E-state index contributed by atoms with van der Waals surface area (Å²) in [4.78, 5) is 15.9. The summed E-state index contributed by atoms with van der Waals surface area (Å²) in [6, 6.07) is 0. The Kier molecular flexibility index (Phi) is 5.36. The number of carbonyl (C=O) groups excluding carboxylic acids is 1. The summed E-state index contributed by atoms with van der Waals surface area (Å²) in [5.74, 6) is -0.415. The van der Waals surface area contributed by atoms with Crippen molar-refractivity contribution >= 4 is 5.91 Å². The van der Waals surface area contributed by atoms with Crippen LogP contribution in [0.1, 0.15) is 26.7 Å². The second kappa shape index (κ2) is 6.33. The summed E-state index contributed by atoms with van der Waals surface area (Å²) in [5, 5.41) is 0. The van der Waals surface area contributed by atoms with Gasteiger partial charge in [0.1, 0.15) is 0 Å². The van der Waals surface area contributed by atoms with E-state index >= 15 is 0 Å². The van der Waals surface area contributed by atoms with E-state index < -0.39 is 11.4 Å². The largest absolute Gasteiger partial charge is 0.368 e. The van der Waals surface area contributed by atoms with Crippen LogP contribution in [-0.2, 0) is 4.79 Å². The van der Waals surface area contributed by atoms with Crippen molar-refractivity contribution in [3.63, 3.8) is 0 Å². The van der Waals surface area contributed by atoms with Gasteiger partial charge in [0.05, 0.1) is 5.54 Å². The molecular formula is C12H26N4O. The standard InChI is InChI=1S/C12H26N4O/c1-3-5-15-7-9-16(10-8-15)6-4-12(2,14)11(13)17/h3-10,14H2,1-2H3,(H2,13,17). The number of primary amides is 1. The molecule has 0 spiro atoms. The van der Waals surface area contributed by atoms with Gasteiger partial charge in [0.25, 0.3) is 0 Å². The third kappa shape index (κ3) is 4.61. The zero-order valence-electron chi connectivity index (χ0n) is 11.1. The molecule has 0 aromatic carbocycles. The van der Waals surface area contributed by atoms with Crippen LogP contribution in [0, 0.1) is 0 Å². The molecule has 100 valence electrons. The van der Waals surface area contributed by atoms with Gasteiger partial charge in [0.2, 0.25) is 5.91 Å². The van der Waals surface area contributed by atoms with Crippen LogP contribution in [0.3, 0.4) is 0 Å². The zero-order valence-corrected chi connectivity index (χ0v) is 11.1. The summed E-state index contributed by atoms with van der Waals surface area (Å²) in [6.07, 6.45) is 1.85. The van der Waals surface area contributed by atoms with Crippen molar-refractivity contribution in [2.24, 2.45) is 11.5 Å². The van der Waals surface area contributed by atoms with Crippen LogP contribution >= 0.6 is 0 Å². The van der Waals surface area contributed by atoms with Crippen LogP contribution < -0.4 is 11.5 Å². The Morgan fingerprint density at radius 1 is 1.18 bits per heavy atom. The smallest absolute Gasteiger partial charge is 0.237 e. The summed E-state index contributed by atoms with van der Waals surface area (Å²) in [7, 11) is 0. The Labute approximate surface area is 104 Å². The lowest BCUT2D eigenvalue weighted by molar-refractivity contribution is -0.122. The number of hydrogen-bond donors (Lipinski definition) is 2. The van der Waals surface area contributed by atoms with E-state index in [9.17, 15) is 4.79 Å². The molecule has 0 radical (unpaired) electrons. The molecule has 5 nitrogen and oxygen atoms in total. The Morgan fingerprint density at radius 2 is 1.65 bits per heavy atom. The van der Waals surface area contributed by atoms with Crippen LogP contribution in [0.4, 0.5) is 0 Å². The summed E-state index contributed by atoms with van der Waals surface area (Å²) < 4.78 is 0. The predicted octanol–water partition coefficient (Wildman–Crippen LogP) is -0.393. The third-order valence-electron chi connectivity index (χ3n) is 3.52. The van der Waals surface area contributed by atoms with Gasteiger partial charge in [-0.3, -0.25) is 4.79 Å². The fraction of sp³-hybridized carbons (Fsp3) is 0.917. The van der Waals surface area contributed by atoms with E-state index in [-0.39, 0.29) is 0 Å². The molecule has 0 aromatic rings. The van der Waals surface area contributed by atoms with Crippen molar-refractivity contribution in [3.8, 4) is 0 Å². The molecule has 1 saturated heterocycles. The quantitative estimate of drug-likeness (QED) is 0.665. The van der Waals surface area contributed by atoms with E-state index in [1.54, 1.807) is 6.92 Å². The second-order valence-electron chi connectivity index (χ2n) is 5.21. The first-order valence-electron chi connectivity index (χ1n) is 6.49. The van der Waals surface area contributed by atoms with Gasteiger partial charge in [-0.2, -0.15) is 0 Å². The van der Waals surface area contributed by atoms with Crippen molar-refractivity contribution in [2.45, 2.75) is 32.2 Å². The monoisotopic (exact) mass is 242 g/mol. The predicted molar refractivity (Wildman–Crippen MR) is 69.6 cm³/mol. The maximum Gasteiger partial charge on any atom is 0.237 e. The molecule has 0 aliphatic carbocycles. The van der Waals surface area contributed by atoms with Crippen LogP contribution in [0.25, 0.3) is 0 Å². The molecule has 0 bridgehead atoms. The maximum atomic E-state index is 11.1. The number of hydrogen-bond acceptors (Lipinski definition) is 4. The van der Waals surface area contributed by atoms with E-state index in [2.05, 4.69) is 16.7 Å². The second-order valence-corrected chi connectivity index (χ2v) is 5.21. The van der Waals surface area contributed by atoms with E-state index in [0.29, 0.717) is 6.42 Å². The summed E-state index contributed by atoms with van der Waals surface area (Å²) in [6.45, 7) is 10.3. The molecule has 1 atom stereocenters. The molecule has 5 heteroatoms. The van der Waals surface area contributed by atoms with Crippen molar-refractivity contribution < 1.29 is 4.79 Å². The zero-order chi connectivity index (χ0) is 12.9. The summed E-state index contributed by atoms with van der Waals surface area (Å²) >= 11 is 0. The number of rotatable bonds is 6. The van der Waals surface area contributed by atoms with Gasteiger partial charge in [-0.15, -0.1) is 0 Å². The number of piperazine rings is 1. The lowest BCUT2D eigenvalue weighted by atomic mass is 9.98. The number of nitrogens with zero attached hydrogens (tertiary/aromatic N) is 2. The molecule has 1 heterocycles. The van der Waals surface area contributed by atoms with E-state index in [0.717, 1.165) is 32.7 Å². The van der Waals surface area contributed by atoms with Crippen LogP contribution in [-0.4, -0.2) is 60.5 Å². The first-order chi connectivity index (χ1) is 7.95. The Bertz CT molecular complexity index is 247. The van der Waals surface area contributed by atoms with Crippen LogP contribution in [0.15, 0.2) is 0 Å².